The largest absolute Gasteiger partial charge is 0.462 e. The number of esters is 2. The van der Waals surface area contributed by atoms with Gasteiger partial charge in [-0.25, -0.2) is 4.79 Å². The number of carbonyl (C=O) groups is 2. The molecule has 1 unspecified atom stereocenters. The molecule has 0 aromatic heterocycles. The van der Waals surface area contributed by atoms with Crippen LogP contribution in [0.25, 0.3) is 0 Å². The average molecular weight is 330 g/mol. The van der Waals surface area contributed by atoms with Gasteiger partial charge in [-0.15, -0.1) is 0 Å². The van der Waals surface area contributed by atoms with E-state index < -0.39 is 49.9 Å². The second-order valence-electron chi connectivity index (χ2n) is 3.84. The molecule has 1 rings (SSSR count). The van der Waals surface area contributed by atoms with E-state index in [4.69, 9.17) is 33.3 Å². The van der Waals surface area contributed by atoms with Gasteiger partial charge in [-0.2, -0.15) is 0 Å². The highest BCUT2D eigenvalue weighted by atomic mass is 16.5. The Bertz CT molecular complexity index is 872. The van der Waals surface area contributed by atoms with Gasteiger partial charge < -0.3 is 20.9 Å². The van der Waals surface area contributed by atoms with Crippen LogP contribution in [0, 0.1) is 0 Å². The third-order valence-electron chi connectivity index (χ3n) is 2.15. The van der Waals surface area contributed by atoms with Crippen LogP contribution < -0.4 is 16.2 Å². The molecule has 0 fully saturated rings. The van der Waals surface area contributed by atoms with E-state index in [2.05, 4.69) is 4.99 Å². The highest BCUT2D eigenvalue weighted by molar-refractivity contribution is 5.89. The van der Waals surface area contributed by atoms with Gasteiger partial charge in [-0.1, -0.05) is 6.37 Å². The standard InChI is InChI=1S/C16H23N3O4/c1-2-22-15(21)12-7-9-13(10-8-12)23-14(20)6-4-3-5-11-19-16(17)18/h7-10H,2-6,11H2,1H3,(H4,17,18,19)/i3D2,4D2,5D2,6D2,11D. The number of rotatable bonds is 9. The molecule has 4 N–H and O–H groups in total. The van der Waals surface area contributed by atoms with E-state index in [-0.39, 0.29) is 17.9 Å². The number of aliphatic imine (C=N–C) groups is 1. The molecule has 0 spiro atoms. The number of nitrogens with two attached hydrogens (primary N) is 2. The maximum absolute atomic E-state index is 12.4. The summed E-state index contributed by atoms with van der Waals surface area (Å²) in [4.78, 5) is 27.2. The van der Waals surface area contributed by atoms with E-state index in [0.717, 1.165) is 12.1 Å². The molecular weight excluding hydrogens is 298 g/mol. The summed E-state index contributed by atoms with van der Waals surface area (Å²) >= 11 is 0. The molecule has 0 bridgehead atoms. The number of hydrogen-bond acceptors (Lipinski definition) is 5. The molecule has 1 aromatic rings. The molecule has 0 heterocycles. The van der Waals surface area contributed by atoms with E-state index in [1.165, 1.54) is 12.1 Å². The predicted octanol–water partition coefficient (Wildman–Crippen LogP) is 1.60. The van der Waals surface area contributed by atoms with Crippen molar-refractivity contribution >= 4 is 17.9 Å². The molecule has 0 aliphatic carbocycles. The number of ether oxygens (including phenoxy) is 2. The normalized spacial score (nSPS) is 19.6. The van der Waals surface area contributed by atoms with Crippen molar-refractivity contribution in [3.63, 3.8) is 0 Å². The van der Waals surface area contributed by atoms with Gasteiger partial charge in [0.05, 0.1) is 13.5 Å². The van der Waals surface area contributed by atoms with Crippen molar-refractivity contribution in [1.82, 2.24) is 0 Å². The Labute approximate surface area is 148 Å². The zero-order valence-corrected chi connectivity index (χ0v) is 12.3. The van der Waals surface area contributed by atoms with Crippen LogP contribution in [0.4, 0.5) is 0 Å². The average Bonchev–Trinajstić information content (AvgIpc) is 2.67. The van der Waals surface area contributed by atoms with Crippen molar-refractivity contribution in [2.45, 2.75) is 32.4 Å². The molecule has 23 heavy (non-hydrogen) atoms. The lowest BCUT2D eigenvalue weighted by Crippen LogP contribution is -2.22. The fourth-order valence-electron chi connectivity index (χ4n) is 1.26. The lowest BCUT2D eigenvalue weighted by Gasteiger charge is -2.05. The van der Waals surface area contributed by atoms with Crippen molar-refractivity contribution in [2.24, 2.45) is 16.5 Å². The minimum Gasteiger partial charge on any atom is -0.462 e. The Morgan fingerprint density at radius 1 is 1.17 bits per heavy atom. The van der Waals surface area contributed by atoms with E-state index in [1.54, 1.807) is 6.92 Å². The van der Waals surface area contributed by atoms with Gasteiger partial charge >= 0.3 is 11.9 Å². The molecule has 7 nitrogen and oxygen atoms in total. The topological polar surface area (TPSA) is 117 Å². The molecule has 0 saturated heterocycles. The predicted molar refractivity (Wildman–Crippen MR) is 87.2 cm³/mol. The second kappa shape index (κ2) is 10.2. The number of benzene rings is 1. The molecule has 0 amide bonds. The van der Waals surface area contributed by atoms with E-state index >= 15 is 0 Å². The molecule has 126 valence electrons. The zero-order chi connectivity index (χ0) is 25.1. The first-order valence-corrected chi connectivity index (χ1v) is 6.44. The van der Waals surface area contributed by atoms with Gasteiger partial charge in [0.1, 0.15) is 5.75 Å². The molecular formula is C16H23N3O4. The second-order valence-corrected chi connectivity index (χ2v) is 3.84. The Morgan fingerprint density at radius 3 is 2.48 bits per heavy atom. The van der Waals surface area contributed by atoms with E-state index in [0.29, 0.717) is 0 Å². The fraction of sp³-hybridized carbons (Fsp3) is 0.438. The first kappa shape index (κ1) is 8.90. The van der Waals surface area contributed by atoms with Crippen molar-refractivity contribution in [1.29, 1.82) is 0 Å². The Balaban J connectivity index is 3.19. The fourth-order valence-corrected chi connectivity index (χ4v) is 1.26. The summed E-state index contributed by atoms with van der Waals surface area (Å²) in [5, 5.41) is 0. The van der Waals surface area contributed by atoms with Crippen LogP contribution in [-0.2, 0) is 9.53 Å². The SMILES string of the molecule is [2H]C(N=C(N)N)C([2H])([2H])C([2H])([2H])C([2H])([2H])C([2H])([2H])C(=O)Oc1ccc(C(=O)OCC)cc1. The minimum atomic E-state index is -3.84. The minimum absolute atomic E-state index is 0.107. The van der Waals surface area contributed by atoms with Gasteiger partial charge in [0.15, 0.2) is 5.96 Å². The molecule has 0 aliphatic heterocycles. The summed E-state index contributed by atoms with van der Waals surface area (Å²) in [5.41, 5.74) is 10.2. The van der Waals surface area contributed by atoms with Crippen molar-refractivity contribution in [3.8, 4) is 5.75 Å². The Kier molecular flexibility index (Phi) is 3.95. The zero-order valence-electron chi connectivity index (χ0n) is 21.3. The van der Waals surface area contributed by atoms with E-state index in [9.17, 15) is 9.59 Å². The van der Waals surface area contributed by atoms with Gasteiger partial charge in [0.2, 0.25) is 0 Å². The molecule has 1 aromatic carbocycles. The van der Waals surface area contributed by atoms with E-state index in [1.807, 2.05) is 0 Å². The summed E-state index contributed by atoms with van der Waals surface area (Å²) in [6, 6.07) is 4.65. The van der Waals surface area contributed by atoms with Gasteiger partial charge in [-0.05, 0) is 43.9 Å². The highest BCUT2D eigenvalue weighted by Crippen LogP contribution is 2.14. The monoisotopic (exact) mass is 330 g/mol. The number of guanidine groups is 1. The van der Waals surface area contributed by atoms with Gasteiger partial charge in [0, 0.05) is 23.9 Å². The molecule has 1 atom stereocenters. The smallest absolute Gasteiger partial charge is 0.338 e. The van der Waals surface area contributed by atoms with Crippen molar-refractivity contribution in [2.75, 3.05) is 13.1 Å². The summed E-state index contributed by atoms with van der Waals surface area (Å²) in [7, 11) is 0. The van der Waals surface area contributed by atoms with Crippen LogP contribution in [0.2, 0.25) is 0 Å². The number of carbonyl (C=O) groups excluding carboxylic acids is 2. The van der Waals surface area contributed by atoms with Crippen molar-refractivity contribution in [3.05, 3.63) is 29.8 Å². The van der Waals surface area contributed by atoms with Crippen LogP contribution in [-0.4, -0.2) is 31.0 Å². The summed E-state index contributed by atoms with van der Waals surface area (Å²) in [5.74, 6) is -3.57. The van der Waals surface area contributed by atoms with Crippen LogP contribution >= 0.6 is 0 Å². The lowest BCUT2D eigenvalue weighted by molar-refractivity contribution is -0.134. The van der Waals surface area contributed by atoms with Crippen LogP contribution in [0.15, 0.2) is 29.3 Å². The van der Waals surface area contributed by atoms with Crippen molar-refractivity contribution < 1.29 is 31.4 Å². The summed E-state index contributed by atoms with van der Waals surface area (Å²) in [6.07, 6.45) is -14.8. The van der Waals surface area contributed by atoms with Gasteiger partial charge in [0.25, 0.3) is 0 Å². The molecule has 7 heteroatoms. The first-order chi connectivity index (χ1) is 14.4. The Hall–Kier alpha value is -2.57. The third kappa shape index (κ3) is 7.85. The quantitative estimate of drug-likeness (QED) is 0.307. The lowest BCUT2D eigenvalue weighted by atomic mass is 10.2. The van der Waals surface area contributed by atoms with Gasteiger partial charge in [-0.3, -0.25) is 9.79 Å². The van der Waals surface area contributed by atoms with Crippen LogP contribution in [0.5, 0.6) is 5.75 Å². The number of nitrogens with zero attached hydrogens (tertiary/aromatic N) is 1. The first-order valence-electron chi connectivity index (χ1n) is 11.0. The maximum Gasteiger partial charge on any atom is 0.338 e. The molecule has 0 saturated carbocycles. The molecule has 0 aliphatic rings. The van der Waals surface area contributed by atoms with Crippen LogP contribution in [0.1, 0.15) is 55.1 Å². The Morgan fingerprint density at radius 2 is 1.87 bits per heavy atom. The summed E-state index contributed by atoms with van der Waals surface area (Å²) < 4.78 is 80.1. The number of hydrogen-bond donors (Lipinski definition) is 2. The highest BCUT2D eigenvalue weighted by Gasteiger charge is 2.08. The molecule has 0 radical (unpaired) electrons. The maximum atomic E-state index is 12.4. The van der Waals surface area contributed by atoms with Crippen LogP contribution in [0.3, 0.4) is 0 Å². The third-order valence-corrected chi connectivity index (χ3v) is 2.15. The summed E-state index contributed by atoms with van der Waals surface area (Å²) in [6.45, 7) is -0.631.